The van der Waals surface area contributed by atoms with Crippen molar-refractivity contribution >= 4 is 72.3 Å². The SMILES string of the molecule is C(#Cc1c2c(c(-c3ccsc3)c3ccsc13)C(c1cccs1)=CC2c1ccsc1)c1ccsc1. The number of thiophene rings is 5. The molecular weight excluding hydrogens is 509 g/mol. The first-order valence-electron chi connectivity index (χ1n) is 10.8. The molecule has 0 N–H and O–H groups in total. The average molecular weight is 525 g/mol. The lowest BCUT2D eigenvalue weighted by Crippen LogP contribution is -2.01. The van der Waals surface area contributed by atoms with Gasteiger partial charge in [-0.05, 0) is 101 Å². The van der Waals surface area contributed by atoms with Crippen molar-refractivity contribution in [2.75, 3.05) is 0 Å². The number of fused-ring (bicyclic) bond motifs is 2. The van der Waals surface area contributed by atoms with Gasteiger partial charge in [0.15, 0.2) is 0 Å². The predicted octanol–water partition coefficient (Wildman–Crippen LogP) is 9.79. The maximum atomic E-state index is 3.65. The van der Waals surface area contributed by atoms with Gasteiger partial charge in [-0.3, -0.25) is 0 Å². The smallest absolute Gasteiger partial charge is 0.0509 e. The van der Waals surface area contributed by atoms with E-state index in [1.54, 1.807) is 34.0 Å². The first kappa shape index (κ1) is 20.6. The zero-order valence-electron chi connectivity index (χ0n) is 17.8. The summed E-state index contributed by atoms with van der Waals surface area (Å²) in [6.07, 6.45) is 2.48. The van der Waals surface area contributed by atoms with Gasteiger partial charge in [-0.25, -0.2) is 0 Å². The zero-order chi connectivity index (χ0) is 22.5. The van der Waals surface area contributed by atoms with E-state index >= 15 is 0 Å². The molecule has 0 saturated carbocycles. The molecule has 0 fully saturated rings. The maximum absolute atomic E-state index is 3.65. The van der Waals surface area contributed by atoms with Crippen LogP contribution >= 0.6 is 56.7 Å². The van der Waals surface area contributed by atoms with Gasteiger partial charge < -0.3 is 0 Å². The van der Waals surface area contributed by atoms with Crippen molar-refractivity contribution in [3.63, 3.8) is 0 Å². The summed E-state index contributed by atoms with van der Waals surface area (Å²) in [5.41, 5.74) is 10.3. The van der Waals surface area contributed by atoms with Gasteiger partial charge in [-0.15, -0.1) is 22.7 Å². The quantitative estimate of drug-likeness (QED) is 0.202. The summed E-state index contributed by atoms with van der Waals surface area (Å²) in [5, 5.41) is 18.9. The van der Waals surface area contributed by atoms with Crippen LogP contribution in [0.1, 0.15) is 38.6 Å². The Morgan fingerprint density at radius 1 is 0.706 bits per heavy atom. The maximum Gasteiger partial charge on any atom is 0.0509 e. The Morgan fingerprint density at radius 3 is 2.35 bits per heavy atom. The molecule has 1 atom stereocenters. The van der Waals surface area contributed by atoms with Crippen LogP contribution < -0.4 is 0 Å². The molecule has 0 nitrogen and oxygen atoms in total. The van der Waals surface area contributed by atoms with Gasteiger partial charge >= 0.3 is 0 Å². The van der Waals surface area contributed by atoms with Crippen LogP contribution in [0.3, 0.4) is 0 Å². The highest BCUT2D eigenvalue weighted by molar-refractivity contribution is 7.17. The number of benzene rings is 1. The third-order valence-electron chi connectivity index (χ3n) is 6.22. The molecule has 5 aromatic heterocycles. The zero-order valence-corrected chi connectivity index (χ0v) is 21.9. The minimum atomic E-state index is 0.203. The van der Waals surface area contributed by atoms with Crippen LogP contribution in [0.5, 0.6) is 0 Å². The summed E-state index contributed by atoms with van der Waals surface area (Å²) in [6, 6.07) is 13.3. The molecule has 5 heteroatoms. The van der Waals surface area contributed by atoms with E-state index in [1.807, 2.05) is 22.7 Å². The van der Waals surface area contributed by atoms with Crippen molar-refractivity contribution in [1.29, 1.82) is 0 Å². The fourth-order valence-electron chi connectivity index (χ4n) is 4.79. The summed E-state index contributed by atoms with van der Waals surface area (Å²) in [5.74, 6) is 7.33. The number of allylic oxidation sites excluding steroid dienone is 1. The van der Waals surface area contributed by atoms with Crippen molar-refractivity contribution < 1.29 is 0 Å². The summed E-state index contributed by atoms with van der Waals surface area (Å²) in [7, 11) is 0. The fourth-order valence-corrected chi connectivity index (χ4v) is 8.40. The van der Waals surface area contributed by atoms with Crippen molar-refractivity contribution in [2.45, 2.75) is 5.92 Å². The second-order valence-corrected chi connectivity index (χ2v) is 12.3. The van der Waals surface area contributed by atoms with Crippen LogP contribution in [-0.2, 0) is 0 Å². The van der Waals surface area contributed by atoms with E-state index in [1.165, 1.54) is 53.9 Å². The molecule has 0 bridgehead atoms. The van der Waals surface area contributed by atoms with E-state index in [2.05, 4.69) is 97.4 Å². The van der Waals surface area contributed by atoms with E-state index in [4.69, 9.17) is 0 Å². The molecule has 0 aliphatic heterocycles. The largest absolute Gasteiger partial charge is 0.152 e. The average Bonchev–Trinajstić information content (AvgIpc) is 3.70. The van der Waals surface area contributed by atoms with E-state index in [9.17, 15) is 0 Å². The predicted molar refractivity (Wildman–Crippen MR) is 153 cm³/mol. The van der Waals surface area contributed by atoms with Crippen LogP contribution in [0, 0.1) is 11.8 Å². The van der Waals surface area contributed by atoms with E-state index in [-0.39, 0.29) is 5.92 Å². The van der Waals surface area contributed by atoms with Crippen LogP contribution in [0.2, 0.25) is 0 Å². The lowest BCUT2D eigenvalue weighted by atomic mass is 9.85. The van der Waals surface area contributed by atoms with Gasteiger partial charge in [-0.2, -0.15) is 34.0 Å². The van der Waals surface area contributed by atoms with E-state index in [0.29, 0.717) is 0 Å². The lowest BCUT2D eigenvalue weighted by Gasteiger charge is -2.18. The van der Waals surface area contributed by atoms with Gasteiger partial charge in [0.05, 0.1) is 4.70 Å². The molecule has 1 unspecified atom stereocenters. The van der Waals surface area contributed by atoms with Crippen LogP contribution in [0.4, 0.5) is 0 Å². The van der Waals surface area contributed by atoms with Gasteiger partial charge in [0, 0.05) is 32.7 Å². The van der Waals surface area contributed by atoms with E-state index < -0.39 is 0 Å². The summed E-state index contributed by atoms with van der Waals surface area (Å²) in [4.78, 5) is 1.32. The van der Waals surface area contributed by atoms with Crippen molar-refractivity contribution in [3.05, 3.63) is 118 Å². The second-order valence-electron chi connectivity index (χ2n) is 8.07. The highest BCUT2D eigenvalue weighted by atomic mass is 32.1. The van der Waals surface area contributed by atoms with Crippen LogP contribution in [0.25, 0.3) is 26.8 Å². The minimum absolute atomic E-state index is 0.203. The highest BCUT2D eigenvalue weighted by Gasteiger charge is 2.33. The minimum Gasteiger partial charge on any atom is -0.152 e. The second kappa shape index (κ2) is 8.49. The first-order chi connectivity index (χ1) is 16.9. The lowest BCUT2D eigenvalue weighted by molar-refractivity contribution is 1.06. The molecule has 6 aromatic rings. The number of hydrogen-bond donors (Lipinski definition) is 0. The molecular formula is C29H16S5. The molecule has 0 amide bonds. The topological polar surface area (TPSA) is 0 Å². The molecule has 0 saturated heterocycles. The molecule has 34 heavy (non-hydrogen) atoms. The van der Waals surface area contributed by atoms with Crippen LogP contribution in [0.15, 0.2) is 85.5 Å². The Labute approximate surface area is 218 Å². The fraction of sp³-hybridized carbons (Fsp3) is 0.0345. The van der Waals surface area contributed by atoms with Gasteiger partial charge in [0.1, 0.15) is 0 Å². The molecule has 1 aromatic carbocycles. The van der Waals surface area contributed by atoms with Gasteiger partial charge in [-0.1, -0.05) is 24.0 Å². The van der Waals surface area contributed by atoms with Crippen LogP contribution in [-0.4, -0.2) is 0 Å². The Hall–Kier alpha value is -2.72. The normalized spacial score (nSPS) is 14.7. The van der Waals surface area contributed by atoms with Crippen molar-refractivity contribution in [3.8, 4) is 23.0 Å². The molecule has 0 radical (unpaired) electrons. The highest BCUT2D eigenvalue weighted by Crippen LogP contribution is 2.53. The Morgan fingerprint density at radius 2 is 1.59 bits per heavy atom. The number of hydrogen-bond acceptors (Lipinski definition) is 5. The van der Waals surface area contributed by atoms with E-state index in [0.717, 1.165) is 5.56 Å². The van der Waals surface area contributed by atoms with Crippen molar-refractivity contribution in [2.24, 2.45) is 0 Å². The molecule has 1 aliphatic rings. The Kier molecular flexibility index (Phi) is 5.16. The Bertz CT molecular complexity index is 1680. The molecule has 7 rings (SSSR count). The molecule has 5 heterocycles. The third kappa shape index (κ3) is 3.30. The number of rotatable bonds is 3. The third-order valence-corrected chi connectivity index (χ3v) is 10.1. The summed E-state index contributed by atoms with van der Waals surface area (Å²) >= 11 is 8.86. The summed E-state index contributed by atoms with van der Waals surface area (Å²) in [6.45, 7) is 0. The van der Waals surface area contributed by atoms with Gasteiger partial charge in [0.25, 0.3) is 0 Å². The monoisotopic (exact) mass is 524 g/mol. The standard InChI is InChI=1S/C29H16S5/c1-2-25(33-9-1)24-14-23(19-6-11-31-16-19)27-21(4-3-18-5-10-30-15-18)29-22(8-13-34-29)26(28(24)27)20-7-12-32-17-20/h1-2,5-17,23H. The van der Waals surface area contributed by atoms with Crippen molar-refractivity contribution in [1.82, 2.24) is 0 Å². The first-order valence-corrected chi connectivity index (χ1v) is 15.4. The summed E-state index contributed by atoms with van der Waals surface area (Å²) < 4.78 is 1.30. The molecule has 1 aliphatic carbocycles. The van der Waals surface area contributed by atoms with Gasteiger partial charge in [0.2, 0.25) is 0 Å². The Balaban J connectivity index is 1.62. The molecule has 0 spiro atoms. The molecule has 162 valence electrons.